The van der Waals surface area contributed by atoms with Gasteiger partial charge in [0.1, 0.15) is 6.10 Å². The average Bonchev–Trinajstić information content (AvgIpc) is 2.17. The van der Waals surface area contributed by atoms with Crippen LogP contribution in [0.15, 0.2) is 30.3 Å². The van der Waals surface area contributed by atoms with E-state index in [1.807, 2.05) is 0 Å². The van der Waals surface area contributed by atoms with Gasteiger partial charge in [-0.1, -0.05) is 30.3 Å². The Hall–Kier alpha value is -1.29. The Morgan fingerprint density at radius 3 is 2.29 bits per heavy atom. The molecule has 0 aliphatic carbocycles. The number of carbonyl (C=O) groups is 1. The Bertz CT molecular complexity index is 320. The third-order valence-corrected chi connectivity index (χ3v) is 1.86. The van der Waals surface area contributed by atoms with Crippen LogP contribution in [-0.2, 0) is 0 Å². The van der Waals surface area contributed by atoms with Crippen LogP contribution in [0.3, 0.4) is 0 Å². The number of Topliss-reactive ketones (excluding diaryl/α,β-unsaturated/α-hetero) is 1. The molecule has 1 N–H and O–H groups in total. The summed E-state index contributed by atoms with van der Waals surface area (Å²) in [4.78, 5) is 11.2. The lowest BCUT2D eigenvalue weighted by Gasteiger charge is -2.17. The molecule has 0 radical (unpaired) electrons. The normalized spacial score (nSPS) is 13.7. The van der Waals surface area contributed by atoms with Crippen LogP contribution in [0.2, 0.25) is 0 Å². The fourth-order valence-electron chi connectivity index (χ4n) is 0.972. The van der Waals surface area contributed by atoms with Crippen LogP contribution < -0.4 is 0 Å². The maximum absolute atomic E-state index is 13.0. The Kier molecular flexibility index (Phi) is 2.96. The molecule has 0 aromatic heterocycles. The van der Waals surface area contributed by atoms with Crippen LogP contribution in [-0.4, -0.2) is 22.9 Å². The van der Waals surface area contributed by atoms with Gasteiger partial charge in [0.05, 0.1) is 0 Å². The number of alkyl halides is 2. The Balaban J connectivity index is 2.97. The van der Waals surface area contributed by atoms with Gasteiger partial charge in [0.2, 0.25) is 5.78 Å². The number of benzene rings is 1. The third-order valence-electron chi connectivity index (χ3n) is 1.86. The molecule has 0 aliphatic rings. The zero-order valence-corrected chi connectivity index (χ0v) is 7.58. The molecule has 1 aromatic rings. The molecule has 1 rings (SSSR count). The van der Waals surface area contributed by atoms with Crippen molar-refractivity contribution in [3.05, 3.63) is 35.9 Å². The second-order valence-electron chi connectivity index (χ2n) is 2.99. The maximum Gasteiger partial charge on any atom is 0.334 e. The molecule has 76 valence electrons. The molecule has 0 heterocycles. The van der Waals surface area contributed by atoms with Gasteiger partial charge >= 0.3 is 5.92 Å². The SMILES string of the molecule is CC(O)C(F)(F)C(=O)c1ccccc1. The third kappa shape index (κ3) is 1.96. The van der Waals surface area contributed by atoms with Gasteiger partial charge in [0.25, 0.3) is 0 Å². The number of ketones is 1. The van der Waals surface area contributed by atoms with Gasteiger partial charge in [-0.3, -0.25) is 4.79 Å². The second kappa shape index (κ2) is 3.84. The van der Waals surface area contributed by atoms with Gasteiger partial charge in [0.15, 0.2) is 0 Å². The molecule has 0 aliphatic heterocycles. The molecule has 4 heteroatoms. The van der Waals surface area contributed by atoms with E-state index in [2.05, 4.69) is 0 Å². The number of carbonyl (C=O) groups excluding carboxylic acids is 1. The second-order valence-corrected chi connectivity index (χ2v) is 2.99. The number of aliphatic hydroxyl groups is 1. The monoisotopic (exact) mass is 200 g/mol. The summed E-state index contributed by atoms with van der Waals surface area (Å²) >= 11 is 0. The predicted molar refractivity (Wildman–Crippen MR) is 47.4 cm³/mol. The predicted octanol–water partition coefficient (Wildman–Crippen LogP) is 1.89. The Morgan fingerprint density at radius 2 is 1.86 bits per heavy atom. The highest BCUT2D eigenvalue weighted by Crippen LogP contribution is 2.23. The van der Waals surface area contributed by atoms with Crippen molar-refractivity contribution in [3.8, 4) is 0 Å². The van der Waals surface area contributed by atoms with E-state index in [0.717, 1.165) is 6.92 Å². The van der Waals surface area contributed by atoms with Gasteiger partial charge < -0.3 is 5.11 Å². The average molecular weight is 200 g/mol. The minimum Gasteiger partial charge on any atom is -0.387 e. The van der Waals surface area contributed by atoms with Crippen molar-refractivity contribution >= 4 is 5.78 Å². The number of halogens is 2. The number of rotatable bonds is 3. The van der Waals surface area contributed by atoms with Crippen LogP contribution in [0.5, 0.6) is 0 Å². The van der Waals surface area contributed by atoms with Crippen molar-refractivity contribution in [2.75, 3.05) is 0 Å². The van der Waals surface area contributed by atoms with Crippen LogP contribution >= 0.6 is 0 Å². The summed E-state index contributed by atoms with van der Waals surface area (Å²) < 4.78 is 26.1. The molecular weight excluding hydrogens is 190 g/mol. The lowest BCUT2D eigenvalue weighted by Crippen LogP contribution is -2.39. The summed E-state index contributed by atoms with van der Waals surface area (Å²) in [6.45, 7) is 0.890. The summed E-state index contributed by atoms with van der Waals surface area (Å²) in [6, 6.07) is 7.19. The highest BCUT2D eigenvalue weighted by molar-refractivity contribution is 6.01. The fraction of sp³-hybridized carbons (Fsp3) is 0.300. The molecule has 0 fully saturated rings. The zero-order chi connectivity index (χ0) is 10.8. The molecular formula is C10H10F2O2. The van der Waals surface area contributed by atoms with Crippen LogP contribution in [0, 0.1) is 0 Å². The molecule has 0 bridgehead atoms. The van der Waals surface area contributed by atoms with Gasteiger partial charge in [-0.15, -0.1) is 0 Å². The van der Waals surface area contributed by atoms with Crippen LogP contribution in [0.4, 0.5) is 8.78 Å². The summed E-state index contributed by atoms with van der Waals surface area (Å²) in [7, 11) is 0. The van der Waals surface area contributed by atoms with Gasteiger partial charge in [-0.2, -0.15) is 8.78 Å². The molecule has 1 unspecified atom stereocenters. The van der Waals surface area contributed by atoms with E-state index in [4.69, 9.17) is 5.11 Å². The van der Waals surface area contributed by atoms with Crippen LogP contribution in [0.1, 0.15) is 17.3 Å². The van der Waals surface area contributed by atoms with E-state index in [-0.39, 0.29) is 5.56 Å². The zero-order valence-electron chi connectivity index (χ0n) is 7.58. The van der Waals surface area contributed by atoms with E-state index in [1.165, 1.54) is 24.3 Å². The standard InChI is InChI=1S/C10H10F2O2/c1-7(13)10(11,12)9(14)8-5-3-2-4-6-8/h2-7,13H,1H3. The minimum absolute atomic E-state index is 0.0987. The molecule has 0 saturated carbocycles. The van der Waals surface area contributed by atoms with E-state index < -0.39 is 17.8 Å². The number of hydrogen-bond acceptors (Lipinski definition) is 2. The van der Waals surface area contributed by atoms with Gasteiger partial charge in [0, 0.05) is 5.56 Å². The maximum atomic E-state index is 13.0. The van der Waals surface area contributed by atoms with Crippen molar-refractivity contribution < 1.29 is 18.7 Å². The first-order chi connectivity index (χ1) is 6.46. The Morgan fingerprint density at radius 1 is 1.36 bits per heavy atom. The van der Waals surface area contributed by atoms with Gasteiger partial charge in [-0.25, -0.2) is 0 Å². The van der Waals surface area contributed by atoms with E-state index >= 15 is 0 Å². The number of aliphatic hydroxyl groups excluding tert-OH is 1. The summed E-state index contributed by atoms with van der Waals surface area (Å²) in [5, 5.41) is 8.74. The number of hydrogen-bond donors (Lipinski definition) is 1. The van der Waals surface area contributed by atoms with Crippen molar-refractivity contribution in [1.82, 2.24) is 0 Å². The van der Waals surface area contributed by atoms with E-state index in [9.17, 15) is 13.6 Å². The van der Waals surface area contributed by atoms with Crippen molar-refractivity contribution in [1.29, 1.82) is 0 Å². The smallest absolute Gasteiger partial charge is 0.334 e. The van der Waals surface area contributed by atoms with Crippen molar-refractivity contribution in [2.24, 2.45) is 0 Å². The van der Waals surface area contributed by atoms with Crippen molar-refractivity contribution in [2.45, 2.75) is 19.0 Å². The first-order valence-corrected chi connectivity index (χ1v) is 4.12. The Labute approximate surface area is 80.2 Å². The molecule has 14 heavy (non-hydrogen) atoms. The molecule has 0 amide bonds. The highest BCUT2D eigenvalue weighted by Gasteiger charge is 2.44. The lowest BCUT2D eigenvalue weighted by molar-refractivity contribution is -0.0689. The summed E-state index contributed by atoms with van der Waals surface area (Å²) in [5.74, 6) is -5.07. The van der Waals surface area contributed by atoms with E-state index in [0.29, 0.717) is 0 Å². The fourth-order valence-corrected chi connectivity index (χ4v) is 0.972. The summed E-state index contributed by atoms with van der Waals surface area (Å²) in [5.41, 5.74) is -0.0987. The molecule has 0 saturated heterocycles. The largest absolute Gasteiger partial charge is 0.387 e. The van der Waals surface area contributed by atoms with Crippen molar-refractivity contribution in [3.63, 3.8) is 0 Å². The lowest BCUT2D eigenvalue weighted by atomic mass is 10.0. The summed E-state index contributed by atoms with van der Waals surface area (Å²) in [6.07, 6.45) is -1.98. The van der Waals surface area contributed by atoms with Crippen LogP contribution in [0.25, 0.3) is 0 Å². The molecule has 1 atom stereocenters. The highest BCUT2D eigenvalue weighted by atomic mass is 19.3. The molecule has 2 nitrogen and oxygen atoms in total. The molecule has 1 aromatic carbocycles. The van der Waals surface area contributed by atoms with E-state index in [1.54, 1.807) is 6.07 Å². The topological polar surface area (TPSA) is 37.3 Å². The minimum atomic E-state index is -3.72. The van der Waals surface area contributed by atoms with Gasteiger partial charge in [-0.05, 0) is 6.92 Å². The molecule has 0 spiro atoms. The first kappa shape index (κ1) is 10.8. The first-order valence-electron chi connectivity index (χ1n) is 4.12. The quantitative estimate of drug-likeness (QED) is 0.756.